The van der Waals surface area contributed by atoms with Gasteiger partial charge in [-0.2, -0.15) is 0 Å². The topological polar surface area (TPSA) is 58.1 Å². The lowest BCUT2D eigenvalue weighted by Crippen LogP contribution is -2.46. The van der Waals surface area contributed by atoms with Crippen LogP contribution in [0, 0.1) is 5.82 Å². The first kappa shape index (κ1) is 21.6. The third-order valence-corrected chi connectivity index (χ3v) is 4.61. The largest absolute Gasteiger partial charge is 0.380 e. The van der Waals surface area contributed by atoms with Crippen molar-refractivity contribution in [2.45, 2.75) is 25.8 Å². The van der Waals surface area contributed by atoms with E-state index in [0.29, 0.717) is 19.7 Å². The molecule has 7 heteroatoms. The molecule has 0 aromatic heterocycles. The molecule has 1 aliphatic heterocycles. The van der Waals surface area contributed by atoms with Gasteiger partial charge >= 0.3 is 0 Å². The molecule has 1 fully saturated rings. The van der Waals surface area contributed by atoms with Gasteiger partial charge in [0.1, 0.15) is 5.82 Å². The predicted molar refractivity (Wildman–Crippen MR) is 107 cm³/mol. The minimum Gasteiger partial charge on any atom is -0.380 e. The van der Waals surface area contributed by atoms with Crippen molar-refractivity contribution in [2.75, 3.05) is 59.7 Å². The van der Waals surface area contributed by atoms with Gasteiger partial charge in [-0.05, 0) is 24.1 Å². The fourth-order valence-electron chi connectivity index (χ4n) is 3.04. The number of nitrogens with one attached hydrogen (secondary N) is 2. The van der Waals surface area contributed by atoms with Crippen LogP contribution in [0.3, 0.4) is 0 Å². The number of morpholine rings is 1. The van der Waals surface area contributed by atoms with Crippen LogP contribution >= 0.6 is 0 Å². The Morgan fingerprint density at radius 3 is 2.63 bits per heavy atom. The fourth-order valence-corrected chi connectivity index (χ4v) is 3.04. The number of hydrogen-bond acceptors (Lipinski definition) is 4. The van der Waals surface area contributed by atoms with Crippen molar-refractivity contribution in [2.24, 2.45) is 4.99 Å². The molecular formula is C20H33FN4O2. The number of nitrogens with zero attached hydrogens (tertiary/aromatic N) is 2. The first-order valence-corrected chi connectivity index (χ1v) is 9.84. The quantitative estimate of drug-likeness (QED) is 0.370. The van der Waals surface area contributed by atoms with Crippen molar-refractivity contribution >= 4 is 5.96 Å². The standard InChI is InChI=1S/C20H33FN4O2/c1-3-4-12-26-13-9-23-20(22-2)24-16-19(25-10-14-27-15-11-25)17-5-7-18(21)8-6-17/h5-8,19H,3-4,9-16H2,1-2H3,(H2,22,23,24). The minimum absolute atomic E-state index is 0.133. The molecule has 1 atom stereocenters. The first-order valence-electron chi connectivity index (χ1n) is 9.84. The lowest BCUT2D eigenvalue weighted by Gasteiger charge is -2.35. The SMILES string of the molecule is CCCCOCCNC(=NC)NCC(c1ccc(F)cc1)N1CCOCC1. The zero-order valence-electron chi connectivity index (χ0n) is 16.5. The van der Waals surface area contributed by atoms with Gasteiger partial charge in [-0.3, -0.25) is 9.89 Å². The van der Waals surface area contributed by atoms with Crippen LogP contribution < -0.4 is 10.6 Å². The number of rotatable bonds is 10. The number of guanidine groups is 1. The summed E-state index contributed by atoms with van der Waals surface area (Å²) in [4.78, 5) is 6.65. The smallest absolute Gasteiger partial charge is 0.191 e. The average molecular weight is 381 g/mol. The molecule has 1 aliphatic rings. The van der Waals surface area contributed by atoms with Gasteiger partial charge in [0.05, 0.1) is 25.9 Å². The highest BCUT2D eigenvalue weighted by atomic mass is 19.1. The molecule has 0 radical (unpaired) electrons. The van der Waals surface area contributed by atoms with Crippen LogP contribution in [0.25, 0.3) is 0 Å². The van der Waals surface area contributed by atoms with Crippen LogP contribution in [0.2, 0.25) is 0 Å². The number of halogens is 1. The molecule has 0 amide bonds. The highest BCUT2D eigenvalue weighted by molar-refractivity contribution is 5.79. The maximum atomic E-state index is 13.3. The molecule has 1 heterocycles. The highest BCUT2D eigenvalue weighted by Gasteiger charge is 2.23. The van der Waals surface area contributed by atoms with E-state index in [1.807, 2.05) is 12.1 Å². The normalized spacial score (nSPS) is 16.9. The number of aliphatic imine (C=N–C) groups is 1. The monoisotopic (exact) mass is 380 g/mol. The molecule has 152 valence electrons. The molecule has 1 saturated heterocycles. The summed E-state index contributed by atoms with van der Waals surface area (Å²) in [5.74, 6) is 0.530. The molecule has 27 heavy (non-hydrogen) atoms. The second-order valence-electron chi connectivity index (χ2n) is 6.56. The van der Waals surface area contributed by atoms with E-state index in [4.69, 9.17) is 9.47 Å². The number of unbranched alkanes of at least 4 members (excludes halogenated alkanes) is 1. The van der Waals surface area contributed by atoms with Gasteiger partial charge in [-0.15, -0.1) is 0 Å². The van der Waals surface area contributed by atoms with Gasteiger partial charge in [0, 0.05) is 39.8 Å². The van der Waals surface area contributed by atoms with Gasteiger partial charge in [0.25, 0.3) is 0 Å². The van der Waals surface area contributed by atoms with E-state index < -0.39 is 0 Å². The molecule has 2 rings (SSSR count). The minimum atomic E-state index is -0.215. The van der Waals surface area contributed by atoms with E-state index in [1.54, 1.807) is 7.05 Å². The lowest BCUT2D eigenvalue weighted by atomic mass is 10.0. The van der Waals surface area contributed by atoms with Gasteiger partial charge < -0.3 is 20.1 Å². The van der Waals surface area contributed by atoms with Crippen LogP contribution in [-0.2, 0) is 9.47 Å². The lowest BCUT2D eigenvalue weighted by molar-refractivity contribution is 0.0170. The Hall–Kier alpha value is -1.70. The molecule has 0 saturated carbocycles. The summed E-state index contributed by atoms with van der Waals surface area (Å²) >= 11 is 0. The van der Waals surface area contributed by atoms with Gasteiger partial charge in [0.2, 0.25) is 0 Å². The van der Waals surface area contributed by atoms with Crippen molar-refractivity contribution in [1.82, 2.24) is 15.5 Å². The van der Waals surface area contributed by atoms with Crippen molar-refractivity contribution in [3.05, 3.63) is 35.6 Å². The van der Waals surface area contributed by atoms with E-state index in [-0.39, 0.29) is 11.9 Å². The van der Waals surface area contributed by atoms with Crippen molar-refractivity contribution < 1.29 is 13.9 Å². The molecule has 0 aliphatic carbocycles. The summed E-state index contributed by atoms with van der Waals surface area (Å²) < 4.78 is 24.4. The Labute approximate surface area is 162 Å². The molecule has 1 unspecified atom stereocenters. The molecule has 6 nitrogen and oxygen atoms in total. The number of ether oxygens (including phenoxy) is 2. The third-order valence-electron chi connectivity index (χ3n) is 4.61. The van der Waals surface area contributed by atoms with Crippen LogP contribution in [0.5, 0.6) is 0 Å². The predicted octanol–water partition coefficient (Wildman–Crippen LogP) is 2.18. The Morgan fingerprint density at radius 1 is 1.22 bits per heavy atom. The molecule has 0 bridgehead atoms. The Bertz CT molecular complexity index is 547. The Kier molecular flexibility index (Phi) is 10.1. The number of benzene rings is 1. The van der Waals surface area contributed by atoms with E-state index in [1.165, 1.54) is 12.1 Å². The van der Waals surface area contributed by atoms with Gasteiger partial charge in [-0.25, -0.2) is 4.39 Å². The van der Waals surface area contributed by atoms with Crippen LogP contribution in [0.4, 0.5) is 4.39 Å². The fraction of sp³-hybridized carbons (Fsp3) is 0.650. The maximum absolute atomic E-state index is 13.3. The molecule has 2 N–H and O–H groups in total. The van der Waals surface area contributed by atoms with Crippen LogP contribution in [0.1, 0.15) is 31.4 Å². The number of hydrogen-bond donors (Lipinski definition) is 2. The highest BCUT2D eigenvalue weighted by Crippen LogP contribution is 2.21. The van der Waals surface area contributed by atoms with Gasteiger partial charge in [0.15, 0.2) is 5.96 Å². The Morgan fingerprint density at radius 2 is 1.96 bits per heavy atom. The summed E-state index contributed by atoms with van der Waals surface area (Å²) in [6.07, 6.45) is 2.23. The average Bonchev–Trinajstić information content (AvgIpc) is 2.71. The summed E-state index contributed by atoms with van der Waals surface area (Å²) in [7, 11) is 1.76. The second-order valence-corrected chi connectivity index (χ2v) is 6.56. The molecular weight excluding hydrogens is 347 g/mol. The Balaban J connectivity index is 1.87. The van der Waals surface area contributed by atoms with Gasteiger partial charge in [-0.1, -0.05) is 25.5 Å². The first-order chi connectivity index (χ1) is 13.2. The summed E-state index contributed by atoms with van der Waals surface area (Å²) in [5, 5.41) is 6.66. The van der Waals surface area contributed by atoms with E-state index in [2.05, 4.69) is 27.4 Å². The van der Waals surface area contributed by atoms with Crippen molar-refractivity contribution in [3.8, 4) is 0 Å². The zero-order chi connectivity index (χ0) is 19.3. The summed E-state index contributed by atoms with van der Waals surface area (Å²) in [6.45, 7) is 8.17. The van der Waals surface area contributed by atoms with Crippen molar-refractivity contribution in [1.29, 1.82) is 0 Å². The summed E-state index contributed by atoms with van der Waals surface area (Å²) in [6, 6.07) is 6.88. The maximum Gasteiger partial charge on any atom is 0.191 e. The molecule has 1 aromatic rings. The molecule has 1 aromatic carbocycles. The molecule has 0 spiro atoms. The van der Waals surface area contributed by atoms with Crippen molar-refractivity contribution in [3.63, 3.8) is 0 Å². The summed E-state index contributed by atoms with van der Waals surface area (Å²) in [5.41, 5.74) is 1.09. The van der Waals surface area contributed by atoms with E-state index in [9.17, 15) is 4.39 Å². The van der Waals surface area contributed by atoms with E-state index in [0.717, 1.165) is 57.3 Å². The van der Waals surface area contributed by atoms with Crippen LogP contribution in [0.15, 0.2) is 29.3 Å². The zero-order valence-corrected chi connectivity index (χ0v) is 16.5. The third kappa shape index (κ3) is 7.82. The van der Waals surface area contributed by atoms with Crippen LogP contribution in [-0.4, -0.2) is 70.5 Å². The second kappa shape index (κ2) is 12.6. The van der Waals surface area contributed by atoms with E-state index >= 15 is 0 Å².